The highest BCUT2D eigenvalue weighted by Crippen LogP contribution is 2.48. The molecule has 0 aliphatic carbocycles. The zero-order valence-corrected chi connectivity index (χ0v) is 78.1. The van der Waals surface area contributed by atoms with Gasteiger partial charge in [-0.05, 0) is 164 Å². The zero-order valence-electron chi connectivity index (χ0n) is 77.3. The first-order chi connectivity index (χ1) is 71.4. The minimum absolute atomic E-state index is 0.588. The van der Waals surface area contributed by atoms with Crippen LogP contribution in [0.25, 0.3) is 281 Å². The maximum absolute atomic E-state index is 6.74. The van der Waals surface area contributed by atoms with E-state index >= 15 is 0 Å². The second kappa shape index (κ2) is 34.4. The molecule has 144 heavy (non-hydrogen) atoms. The smallest absolute Gasteiger partial charge is 0.227 e. The van der Waals surface area contributed by atoms with Crippen molar-refractivity contribution < 1.29 is 8.83 Å². The molecule has 8 aromatic heterocycles. The second-order valence-corrected chi connectivity index (χ2v) is 37.4. The predicted octanol–water partition coefficient (Wildman–Crippen LogP) is 34.1. The van der Waals surface area contributed by atoms with Crippen LogP contribution in [0.4, 0.5) is 0 Å². The van der Waals surface area contributed by atoms with Crippen LogP contribution in [-0.4, -0.2) is 53.6 Å². The molecule has 0 aliphatic heterocycles. The highest BCUT2D eigenvalue weighted by Gasteiger charge is 2.27. The number of aromatic nitrogens is 11. The molecule has 0 unspecified atom stereocenters. The average Bonchev–Trinajstić information content (AvgIpc) is 1.54. The van der Waals surface area contributed by atoms with Gasteiger partial charge in [-0.3, -0.25) is 0 Å². The standard InChI is InChI=1S/C48H29N5O.C45H27N3O.C37H23N3S/c1-4-12-31(13-5-1)45-50-46(32-14-6-2-7-15-32)52-47(51-45)34-22-25-37-33(28-34)21-20-30-24-27-40-44(43(30)37)54-48(49-40)35-23-26-39-38-18-10-11-19-41(38)53(42(39)29-35)36-16-8-3-9-17-36;1-3-12-31(13-4-1)47-39-18-10-9-17-34(39)36-26-37-35-23-21-30(25-40(35)48(42(37)27-41(36)47)32-14-5-2-6-15-32)45-46-38-24-22-29-20-19-28-11-7-8-16-33(28)43(29)44(38)49-45;1-4-13-25(14-5-1)31-23-32(26-15-6-2-7-16-26)39-36(38-31)30-22-28-21-20-24-12-10-11-19-29(24)33(28)34-35(30)41-37(40-34)27-17-8-3-9-18-27/h1-29H;1-27H;1-23H. The second-order valence-electron chi connectivity index (χ2n) is 36.4. The van der Waals surface area contributed by atoms with E-state index in [0.29, 0.717) is 35.1 Å². The van der Waals surface area contributed by atoms with Crippen LogP contribution in [-0.2, 0) is 0 Å². The molecule has 0 fully saturated rings. The summed E-state index contributed by atoms with van der Waals surface area (Å²) < 4.78 is 21.6. The fourth-order valence-electron chi connectivity index (χ4n) is 21.1. The van der Waals surface area contributed by atoms with E-state index in [-0.39, 0.29) is 0 Å². The third-order valence-corrected chi connectivity index (χ3v) is 29.0. The summed E-state index contributed by atoms with van der Waals surface area (Å²) in [5.41, 5.74) is 25.2. The lowest BCUT2D eigenvalue weighted by Gasteiger charge is -2.12. The van der Waals surface area contributed by atoms with Gasteiger partial charge in [-0.2, -0.15) is 0 Å². The summed E-state index contributed by atoms with van der Waals surface area (Å²) in [5, 5.41) is 21.8. The van der Waals surface area contributed by atoms with Crippen LogP contribution in [0.2, 0.25) is 0 Å². The molecule has 0 radical (unpaired) electrons. The van der Waals surface area contributed by atoms with Crippen LogP contribution in [0.3, 0.4) is 0 Å². The molecule has 0 saturated heterocycles. The fourth-order valence-corrected chi connectivity index (χ4v) is 22.2. The Kier molecular flexibility index (Phi) is 19.8. The van der Waals surface area contributed by atoms with Gasteiger partial charge < -0.3 is 22.5 Å². The number of fused-ring (bicyclic) bond motifs is 24. The molecular weight excluding hydrogens is 1780 g/mol. The van der Waals surface area contributed by atoms with E-state index in [4.69, 9.17) is 48.7 Å². The van der Waals surface area contributed by atoms with E-state index in [1.807, 2.05) is 115 Å². The maximum atomic E-state index is 6.74. The molecular formula is C130H79N11O2S. The molecule has 30 aromatic rings. The van der Waals surface area contributed by atoms with Crippen molar-refractivity contribution in [2.75, 3.05) is 0 Å². The Hall–Kier alpha value is -19.3. The number of rotatable bonds is 12. The van der Waals surface area contributed by atoms with E-state index in [1.165, 1.54) is 70.3 Å². The van der Waals surface area contributed by atoms with Gasteiger partial charge in [0.1, 0.15) is 16.0 Å². The van der Waals surface area contributed by atoms with Crippen molar-refractivity contribution in [3.63, 3.8) is 0 Å². The van der Waals surface area contributed by atoms with E-state index in [1.54, 1.807) is 11.3 Å². The van der Waals surface area contributed by atoms with Crippen molar-refractivity contribution in [1.82, 2.24) is 53.6 Å². The van der Waals surface area contributed by atoms with Crippen molar-refractivity contribution in [3.8, 4) is 119 Å². The Labute approximate surface area is 828 Å². The number of benzene rings is 22. The number of oxazole rings is 2. The van der Waals surface area contributed by atoms with Crippen LogP contribution < -0.4 is 0 Å². The van der Waals surface area contributed by atoms with Crippen molar-refractivity contribution in [3.05, 3.63) is 479 Å². The van der Waals surface area contributed by atoms with Crippen molar-refractivity contribution >= 4 is 174 Å². The van der Waals surface area contributed by atoms with Gasteiger partial charge >= 0.3 is 0 Å². The third kappa shape index (κ3) is 14.3. The number of hydrogen-bond acceptors (Lipinski definition) is 11. The Morgan fingerprint density at radius 3 is 1.05 bits per heavy atom. The highest BCUT2D eigenvalue weighted by molar-refractivity contribution is 7.22. The lowest BCUT2D eigenvalue weighted by molar-refractivity contribution is 0.623. The summed E-state index contributed by atoms with van der Waals surface area (Å²) >= 11 is 1.71. The molecule has 30 rings (SSSR count). The first-order valence-electron chi connectivity index (χ1n) is 48.2. The van der Waals surface area contributed by atoms with Gasteiger partial charge in [0, 0.05) is 116 Å². The molecule has 0 saturated carbocycles. The summed E-state index contributed by atoms with van der Waals surface area (Å²) in [6.07, 6.45) is 0. The lowest BCUT2D eigenvalue weighted by atomic mass is 9.98. The van der Waals surface area contributed by atoms with Gasteiger partial charge in [0.25, 0.3) is 0 Å². The van der Waals surface area contributed by atoms with E-state index in [9.17, 15) is 0 Å². The molecule has 0 bridgehead atoms. The summed E-state index contributed by atoms with van der Waals surface area (Å²) in [7, 11) is 0. The normalized spacial score (nSPS) is 11.8. The largest absolute Gasteiger partial charge is 0.435 e. The predicted molar refractivity (Wildman–Crippen MR) is 594 cm³/mol. The van der Waals surface area contributed by atoms with Gasteiger partial charge in [-0.15, -0.1) is 11.3 Å². The monoisotopic (exact) mass is 1860 g/mol. The Balaban J connectivity index is 0.000000106. The van der Waals surface area contributed by atoms with E-state index in [2.05, 4.69) is 378 Å². The molecule has 0 amide bonds. The van der Waals surface area contributed by atoms with E-state index < -0.39 is 0 Å². The molecule has 0 spiro atoms. The first kappa shape index (κ1) is 82.9. The lowest BCUT2D eigenvalue weighted by Crippen LogP contribution is -2.00. The van der Waals surface area contributed by atoms with Gasteiger partial charge in [0.15, 0.2) is 34.5 Å². The van der Waals surface area contributed by atoms with Gasteiger partial charge in [0.2, 0.25) is 11.8 Å². The van der Waals surface area contributed by atoms with Crippen LogP contribution in [0.1, 0.15) is 0 Å². The number of hydrogen-bond donors (Lipinski definition) is 0. The van der Waals surface area contributed by atoms with Crippen molar-refractivity contribution in [2.45, 2.75) is 0 Å². The number of thiazole rings is 1. The molecule has 0 aliphatic rings. The van der Waals surface area contributed by atoms with Gasteiger partial charge in [-0.1, -0.05) is 364 Å². The number of nitrogens with zero attached hydrogens (tertiary/aromatic N) is 11. The number of para-hydroxylation sites is 5. The Morgan fingerprint density at radius 1 is 0.194 bits per heavy atom. The summed E-state index contributed by atoms with van der Waals surface area (Å²) in [6, 6.07) is 167. The average molecular weight is 1860 g/mol. The van der Waals surface area contributed by atoms with Crippen LogP contribution >= 0.6 is 11.3 Å². The molecule has 672 valence electrons. The molecule has 8 heterocycles. The molecule has 13 nitrogen and oxygen atoms in total. The summed E-state index contributed by atoms with van der Waals surface area (Å²) in [6.45, 7) is 0. The molecule has 0 atom stereocenters. The third-order valence-electron chi connectivity index (χ3n) is 27.8. The minimum atomic E-state index is 0.588. The van der Waals surface area contributed by atoms with Crippen LogP contribution in [0.5, 0.6) is 0 Å². The van der Waals surface area contributed by atoms with Crippen LogP contribution in [0, 0.1) is 0 Å². The van der Waals surface area contributed by atoms with Crippen LogP contribution in [0.15, 0.2) is 488 Å². The summed E-state index contributed by atoms with van der Waals surface area (Å²) in [5.74, 6) is 3.80. The highest BCUT2D eigenvalue weighted by atomic mass is 32.1. The summed E-state index contributed by atoms with van der Waals surface area (Å²) in [4.78, 5) is 40.5. The minimum Gasteiger partial charge on any atom is -0.435 e. The maximum Gasteiger partial charge on any atom is 0.227 e. The molecule has 0 N–H and O–H groups in total. The zero-order chi connectivity index (χ0) is 94.8. The topological polar surface area (TPSA) is 144 Å². The van der Waals surface area contributed by atoms with Gasteiger partial charge in [-0.25, -0.2) is 39.9 Å². The van der Waals surface area contributed by atoms with Gasteiger partial charge in [0.05, 0.1) is 54.7 Å². The van der Waals surface area contributed by atoms with Crippen molar-refractivity contribution in [2.24, 2.45) is 0 Å². The molecule has 22 aromatic carbocycles. The van der Waals surface area contributed by atoms with Crippen molar-refractivity contribution in [1.29, 1.82) is 0 Å². The fraction of sp³-hybridized carbons (Fsp3) is 0. The molecule has 14 heteroatoms. The quantitative estimate of drug-likeness (QED) is 0.108. The Bertz CT molecular complexity index is 10200. The van der Waals surface area contributed by atoms with E-state index in [0.717, 1.165) is 176 Å². The SMILES string of the molecule is c1ccc(-c2cc(-c3ccccc3)nc(-c3cc4ccc5ccccc5c4c4nc(-c5ccccc5)sc34)n2)cc1.c1ccc(-c2nc(-c3ccccc3)nc(-c3ccc4c(ccc5ccc6nc(-c7ccc8c9ccccc9n(-c9ccccc9)c8c7)oc6c54)c3)n2)cc1.c1ccc(-n2c3ccccc3c3cc4c5ccc(-c6nc7ccc8ccc9ccccc9c8c7o6)cc5n(-c5ccccc5)c4cc32)cc1. The first-order valence-corrected chi connectivity index (χ1v) is 49.1. The Morgan fingerprint density at radius 2 is 0.549 bits per heavy atom.